The van der Waals surface area contributed by atoms with Crippen LogP contribution in [0.15, 0.2) is 74.0 Å². The molecule has 190 valence electrons. The number of nitrogens with zero attached hydrogens (tertiary/aromatic N) is 8. The maximum absolute atomic E-state index is 11.9. The molecule has 0 spiro atoms. The monoisotopic (exact) mass is 527 g/mol. The summed E-state index contributed by atoms with van der Waals surface area (Å²) >= 11 is 6.54. The summed E-state index contributed by atoms with van der Waals surface area (Å²) in [6.07, 6.45) is 6.09. The van der Waals surface area contributed by atoms with Crippen LogP contribution < -0.4 is 15.0 Å². The second-order valence-corrected chi connectivity index (χ2v) is 8.98. The third kappa shape index (κ3) is 4.66. The smallest absolute Gasteiger partial charge is 0.246 e. The van der Waals surface area contributed by atoms with Crippen LogP contribution in [0.5, 0.6) is 11.5 Å². The molecule has 0 radical (unpaired) electrons. The number of hydrogen-bond acceptors (Lipinski definition) is 9. The van der Waals surface area contributed by atoms with Crippen molar-refractivity contribution in [3.05, 3.63) is 79.0 Å². The lowest BCUT2D eigenvalue weighted by Crippen LogP contribution is -2.48. The second-order valence-electron chi connectivity index (χ2n) is 8.57. The molecule has 0 bridgehead atoms. The Labute approximate surface area is 222 Å². The molecule has 0 aliphatic carbocycles. The number of piperazine rings is 1. The summed E-state index contributed by atoms with van der Waals surface area (Å²) in [6.45, 7) is 6.15. The van der Waals surface area contributed by atoms with Gasteiger partial charge in [-0.2, -0.15) is 5.10 Å². The highest BCUT2D eigenvalue weighted by molar-refractivity contribution is 6.32. The van der Waals surface area contributed by atoms with Crippen LogP contribution in [0.25, 0.3) is 16.7 Å². The van der Waals surface area contributed by atoms with Crippen molar-refractivity contribution in [3.8, 4) is 11.5 Å². The van der Waals surface area contributed by atoms with Gasteiger partial charge in [0.25, 0.3) is 0 Å². The fourth-order valence-corrected chi connectivity index (χ4v) is 4.49. The molecule has 0 unspecified atom stereocenters. The predicted octanol–water partition coefficient (Wildman–Crippen LogP) is 4.09. The van der Waals surface area contributed by atoms with Crippen molar-refractivity contribution >= 4 is 51.5 Å². The molecule has 5 aromatic rings. The maximum Gasteiger partial charge on any atom is 0.246 e. The highest BCUT2D eigenvalue weighted by Gasteiger charge is 2.21. The van der Waals surface area contributed by atoms with Gasteiger partial charge in [0, 0.05) is 44.1 Å². The van der Waals surface area contributed by atoms with Gasteiger partial charge < -0.3 is 19.9 Å². The largest absolute Gasteiger partial charge is 0.456 e. The van der Waals surface area contributed by atoms with E-state index in [4.69, 9.17) is 21.3 Å². The first-order valence-corrected chi connectivity index (χ1v) is 12.3. The van der Waals surface area contributed by atoms with E-state index in [1.54, 1.807) is 39.9 Å². The molecule has 1 N–H and O–H groups in total. The van der Waals surface area contributed by atoms with E-state index in [2.05, 4.69) is 36.8 Å². The van der Waals surface area contributed by atoms with Gasteiger partial charge in [-0.15, -0.1) is 0 Å². The number of nitrogens with one attached hydrogen (secondary N) is 1. The molecule has 38 heavy (non-hydrogen) atoms. The molecule has 4 aromatic heterocycles. The number of carbonyl (C=O) groups excluding carboxylic acids is 1. The number of aromatic nitrogens is 6. The summed E-state index contributed by atoms with van der Waals surface area (Å²) in [5, 5.41) is 7.81. The van der Waals surface area contributed by atoms with Crippen LogP contribution in [0.2, 0.25) is 5.02 Å². The molecule has 11 nitrogen and oxygen atoms in total. The van der Waals surface area contributed by atoms with Crippen LogP contribution in [0.4, 0.5) is 17.3 Å². The Hall–Kier alpha value is -4.77. The molecule has 12 heteroatoms. The van der Waals surface area contributed by atoms with E-state index in [1.165, 1.54) is 18.7 Å². The van der Waals surface area contributed by atoms with Crippen LogP contribution in [0.3, 0.4) is 0 Å². The van der Waals surface area contributed by atoms with Crippen molar-refractivity contribution in [3.63, 3.8) is 0 Å². The summed E-state index contributed by atoms with van der Waals surface area (Å²) < 4.78 is 7.61. The number of pyridine rings is 2. The molecule has 1 saturated heterocycles. The molecule has 1 aromatic carbocycles. The standard InChI is InChI=1S/C26H22ClN9O2/c1-2-24(37)35-11-9-34(10-12-35)22-6-4-20-25(33-22)26(30-15-28-20)32-17-3-5-21(19(27)13-17)38-18-7-8-36-23(14-18)29-16-31-36/h2-8,13-16H,1,9-12H2,(H,28,30,32). The number of ether oxygens (including phenoxy) is 1. The molecule has 1 aliphatic rings. The molecule has 1 aliphatic heterocycles. The minimum absolute atomic E-state index is 0.0533. The van der Waals surface area contributed by atoms with Gasteiger partial charge in [-0.3, -0.25) is 4.79 Å². The highest BCUT2D eigenvalue weighted by atomic mass is 35.5. The molecule has 5 heterocycles. The predicted molar refractivity (Wildman–Crippen MR) is 144 cm³/mol. The van der Waals surface area contributed by atoms with Gasteiger partial charge >= 0.3 is 0 Å². The number of halogens is 1. The van der Waals surface area contributed by atoms with Crippen molar-refractivity contribution in [2.24, 2.45) is 0 Å². The van der Waals surface area contributed by atoms with E-state index in [-0.39, 0.29) is 5.91 Å². The lowest BCUT2D eigenvalue weighted by atomic mass is 10.2. The number of amides is 1. The first kappa shape index (κ1) is 23.6. The van der Waals surface area contributed by atoms with E-state index in [0.717, 1.165) is 11.5 Å². The topological polar surface area (TPSA) is 114 Å². The Morgan fingerprint density at radius 2 is 1.89 bits per heavy atom. The van der Waals surface area contributed by atoms with E-state index in [0.29, 0.717) is 65.2 Å². The van der Waals surface area contributed by atoms with Gasteiger partial charge in [0.15, 0.2) is 11.5 Å². The number of hydrogen-bond donors (Lipinski definition) is 1. The number of anilines is 3. The molecule has 1 fully saturated rings. The Kier molecular flexibility index (Phi) is 6.18. The van der Waals surface area contributed by atoms with E-state index in [1.807, 2.05) is 18.2 Å². The van der Waals surface area contributed by atoms with Gasteiger partial charge in [-0.1, -0.05) is 18.2 Å². The fourth-order valence-electron chi connectivity index (χ4n) is 4.27. The van der Waals surface area contributed by atoms with Gasteiger partial charge in [-0.25, -0.2) is 24.5 Å². The molecular formula is C26H22ClN9O2. The zero-order valence-electron chi connectivity index (χ0n) is 20.2. The number of benzene rings is 1. The van der Waals surface area contributed by atoms with E-state index in [9.17, 15) is 4.79 Å². The second kappa shape index (κ2) is 9.94. The highest BCUT2D eigenvalue weighted by Crippen LogP contribution is 2.33. The summed E-state index contributed by atoms with van der Waals surface area (Å²) in [5.41, 5.74) is 2.74. The zero-order valence-corrected chi connectivity index (χ0v) is 20.9. The lowest BCUT2D eigenvalue weighted by molar-refractivity contribution is -0.126. The third-order valence-corrected chi connectivity index (χ3v) is 6.53. The maximum atomic E-state index is 11.9. The number of rotatable bonds is 6. The van der Waals surface area contributed by atoms with Crippen molar-refractivity contribution < 1.29 is 9.53 Å². The molecule has 0 atom stereocenters. The normalized spacial score (nSPS) is 13.6. The summed E-state index contributed by atoms with van der Waals surface area (Å²) in [7, 11) is 0. The van der Waals surface area contributed by atoms with Gasteiger partial charge in [-0.05, 0) is 42.5 Å². The first-order chi connectivity index (χ1) is 18.6. The van der Waals surface area contributed by atoms with Gasteiger partial charge in [0.05, 0.1) is 10.5 Å². The van der Waals surface area contributed by atoms with Crippen LogP contribution in [-0.2, 0) is 4.79 Å². The minimum atomic E-state index is -0.0533. The SMILES string of the molecule is C=CC(=O)N1CCN(c2ccc3ncnc(Nc4ccc(Oc5ccn6ncnc6c5)c(Cl)c4)c3n2)CC1. The summed E-state index contributed by atoms with van der Waals surface area (Å²) in [5.74, 6) is 2.40. The van der Waals surface area contributed by atoms with Crippen LogP contribution in [-0.4, -0.2) is 66.5 Å². The van der Waals surface area contributed by atoms with Crippen molar-refractivity contribution in [1.29, 1.82) is 0 Å². The average molecular weight is 528 g/mol. The van der Waals surface area contributed by atoms with E-state index < -0.39 is 0 Å². The minimum Gasteiger partial charge on any atom is -0.456 e. The number of fused-ring (bicyclic) bond motifs is 2. The van der Waals surface area contributed by atoms with Crippen LogP contribution >= 0.6 is 11.6 Å². The fraction of sp³-hybridized carbons (Fsp3) is 0.154. The van der Waals surface area contributed by atoms with Crippen LogP contribution in [0.1, 0.15) is 0 Å². The molecule has 6 rings (SSSR count). The lowest BCUT2D eigenvalue weighted by Gasteiger charge is -2.35. The summed E-state index contributed by atoms with van der Waals surface area (Å²) in [6, 6.07) is 12.8. The van der Waals surface area contributed by atoms with Gasteiger partial charge in [0.2, 0.25) is 5.91 Å². The van der Waals surface area contributed by atoms with E-state index >= 15 is 0 Å². The van der Waals surface area contributed by atoms with Crippen LogP contribution in [0, 0.1) is 0 Å². The Bertz CT molecular complexity index is 1660. The Morgan fingerprint density at radius 3 is 2.71 bits per heavy atom. The van der Waals surface area contributed by atoms with Crippen molar-refractivity contribution in [2.45, 2.75) is 0 Å². The average Bonchev–Trinajstić information content (AvgIpc) is 3.42. The molecule has 1 amide bonds. The zero-order chi connectivity index (χ0) is 26.1. The summed E-state index contributed by atoms with van der Waals surface area (Å²) in [4.78, 5) is 33.6. The van der Waals surface area contributed by atoms with Gasteiger partial charge in [0.1, 0.15) is 35.5 Å². The Morgan fingerprint density at radius 1 is 1.03 bits per heavy atom. The van der Waals surface area contributed by atoms with Crippen molar-refractivity contribution in [2.75, 3.05) is 36.4 Å². The third-order valence-electron chi connectivity index (χ3n) is 6.23. The van der Waals surface area contributed by atoms with Crippen molar-refractivity contribution in [1.82, 2.24) is 34.4 Å². The molecule has 0 saturated carbocycles. The molecular weight excluding hydrogens is 506 g/mol. The Balaban J connectivity index is 1.21. The first-order valence-electron chi connectivity index (χ1n) is 11.9. The number of carbonyl (C=O) groups is 1. The quantitative estimate of drug-likeness (QED) is 0.326.